The van der Waals surface area contributed by atoms with Crippen molar-refractivity contribution in [3.8, 4) is 0 Å². The first-order valence-electron chi connectivity index (χ1n) is 11.7. The van der Waals surface area contributed by atoms with Crippen molar-refractivity contribution in [2.24, 2.45) is 0 Å². The summed E-state index contributed by atoms with van der Waals surface area (Å²) in [6, 6.07) is 16.5. The van der Waals surface area contributed by atoms with E-state index in [1.54, 1.807) is 16.7 Å². The van der Waals surface area contributed by atoms with Crippen LogP contribution in [0, 0.1) is 13.8 Å². The van der Waals surface area contributed by atoms with Gasteiger partial charge in [-0.2, -0.15) is 0 Å². The molecule has 0 aliphatic heterocycles. The average molecular weight is 453 g/mol. The molecule has 1 aliphatic rings. The molecule has 172 valence electrons. The molecule has 2 amide bonds. The Kier molecular flexibility index (Phi) is 9.22. The highest BCUT2D eigenvalue weighted by molar-refractivity contribution is 7.99. The summed E-state index contributed by atoms with van der Waals surface area (Å²) in [5, 5.41) is 3.21. The van der Waals surface area contributed by atoms with Gasteiger partial charge in [-0.15, -0.1) is 11.8 Å². The predicted octanol–water partition coefficient (Wildman–Crippen LogP) is 5.40. The zero-order chi connectivity index (χ0) is 22.9. The lowest BCUT2D eigenvalue weighted by Crippen LogP contribution is -2.51. The Morgan fingerprint density at radius 2 is 1.53 bits per heavy atom. The molecule has 5 heteroatoms. The number of benzene rings is 2. The smallest absolute Gasteiger partial charge is 0.243 e. The molecule has 32 heavy (non-hydrogen) atoms. The number of aryl methyl sites for hydroxylation is 2. The van der Waals surface area contributed by atoms with Crippen molar-refractivity contribution < 1.29 is 9.59 Å². The lowest BCUT2D eigenvalue weighted by Gasteiger charge is -2.31. The largest absolute Gasteiger partial charge is 0.352 e. The minimum absolute atomic E-state index is 0.0107. The number of carbonyl (C=O) groups is 2. The van der Waals surface area contributed by atoms with Gasteiger partial charge in [-0.1, -0.05) is 79.4 Å². The van der Waals surface area contributed by atoms with E-state index in [-0.39, 0.29) is 17.9 Å². The Hall–Kier alpha value is -2.27. The first-order valence-corrected chi connectivity index (χ1v) is 12.9. The molecule has 4 nitrogen and oxygen atoms in total. The molecule has 0 saturated heterocycles. The fraction of sp³-hybridized carbons (Fsp3) is 0.481. The molecular formula is C27H36N2O2S. The monoisotopic (exact) mass is 452 g/mol. The zero-order valence-corrected chi connectivity index (χ0v) is 20.4. The third-order valence-corrected chi connectivity index (χ3v) is 7.16. The number of rotatable bonds is 10. The molecule has 0 spiro atoms. The van der Waals surface area contributed by atoms with Crippen molar-refractivity contribution >= 4 is 23.6 Å². The molecule has 2 aromatic carbocycles. The minimum atomic E-state index is -0.440. The van der Waals surface area contributed by atoms with Crippen molar-refractivity contribution in [3.05, 3.63) is 70.8 Å². The van der Waals surface area contributed by atoms with Crippen LogP contribution < -0.4 is 5.32 Å². The summed E-state index contributed by atoms with van der Waals surface area (Å²) in [4.78, 5) is 28.3. The number of carbonyl (C=O) groups excluding carboxylic acids is 2. The van der Waals surface area contributed by atoms with E-state index >= 15 is 0 Å². The van der Waals surface area contributed by atoms with Crippen LogP contribution in [0.1, 0.15) is 61.3 Å². The summed E-state index contributed by atoms with van der Waals surface area (Å²) < 4.78 is 0. The SMILES string of the molecule is CC[C@H](C(=O)NC1CCCC1)N(Cc1ccc(C)cc1)C(=O)CSCc1ccc(C)cc1. The summed E-state index contributed by atoms with van der Waals surface area (Å²) in [7, 11) is 0. The summed E-state index contributed by atoms with van der Waals surface area (Å²) in [6.07, 6.45) is 5.03. The Balaban J connectivity index is 1.68. The van der Waals surface area contributed by atoms with Crippen LogP contribution in [0.5, 0.6) is 0 Å². The Morgan fingerprint density at radius 3 is 2.09 bits per heavy atom. The highest BCUT2D eigenvalue weighted by Crippen LogP contribution is 2.21. The molecule has 2 aromatic rings. The molecule has 0 bridgehead atoms. The molecule has 0 unspecified atom stereocenters. The van der Waals surface area contributed by atoms with Gasteiger partial charge >= 0.3 is 0 Å². The van der Waals surface area contributed by atoms with Gasteiger partial charge < -0.3 is 10.2 Å². The fourth-order valence-electron chi connectivity index (χ4n) is 4.20. The second-order valence-electron chi connectivity index (χ2n) is 8.90. The van der Waals surface area contributed by atoms with Gasteiger partial charge in [-0.05, 0) is 44.2 Å². The molecule has 1 fully saturated rings. The van der Waals surface area contributed by atoms with E-state index in [0.29, 0.717) is 18.7 Å². The van der Waals surface area contributed by atoms with Crippen LogP contribution in [-0.4, -0.2) is 34.6 Å². The van der Waals surface area contributed by atoms with Gasteiger partial charge in [-0.25, -0.2) is 0 Å². The van der Waals surface area contributed by atoms with Gasteiger partial charge in [0.25, 0.3) is 0 Å². The van der Waals surface area contributed by atoms with E-state index in [4.69, 9.17) is 0 Å². The molecular weight excluding hydrogens is 416 g/mol. The van der Waals surface area contributed by atoms with E-state index < -0.39 is 6.04 Å². The second-order valence-corrected chi connectivity index (χ2v) is 9.89. The van der Waals surface area contributed by atoms with Gasteiger partial charge in [0.15, 0.2) is 0 Å². The van der Waals surface area contributed by atoms with Crippen LogP contribution >= 0.6 is 11.8 Å². The number of hydrogen-bond donors (Lipinski definition) is 1. The third-order valence-electron chi connectivity index (χ3n) is 6.18. The van der Waals surface area contributed by atoms with Crippen molar-refractivity contribution in [2.75, 3.05) is 5.75 Å². The summed E-state index contributed by atoms with van der Waals surface area (Å²) in [5.41, 5.74) is 4.69. The average Bonchev–Trinajstić information content (AvgIpc) is 3.29. The maximum atomic E-state index is 13.3. The third kappa shape index (κ3) is 7.13. The van der Waals surface area contributed by atoms with E-state index in [1.807, 2.05) is 6.92 Å². The van der Waals surface area contributed by atoms with E-state index in [2.05, 4.69) is 67.7 Å². The maximum absolute atomic E-state index is 13.3. The Bertz CT molecular complexity index is 874. The van der Waals surface area contributed by atoms with Crippen molar-refractivity contribution in [3.63, 3.8) is 0 Å². The molecule has 0 radical (unpaired) electrons. The molecule has 0 heterocycles. The van der Waals surface area contributed by atoms with Gasteiger partial charge in [-0.3, -0.25) is 9.59 Å². The van der Waals surface area contributed by atoms with Crippen LogP contribution in [-0.2, 0) is 21.9 Å². The quantitative estimate of drug-likeness (QED) is 0.525. The van der Waals surface area contributed by atoms with Gasteiger partial charge in [0.2, 0.25) is 11.8 Å². The van der Waals surface area contributed by atoms with E-state index in [1.165, 1.54) is 29.5 Å². The summed E-state index contributed by atoms with van der Waals surface area (Å²) in [5.74, 6) is 1.17. The van der Waals surface area contributed by atoms with Crippen molar-refractivity contribution in [1.82, 2.24) is 10.2 Å². The van der Waals surface area contributed by atoms with Crippen LogP contribution in [0.25, 0.3) is 0 Å². The predicted molar refractivity (Wildman–Crippen MR) is 134 cm³/mol. The van der Waals surface area contributed by atoms with E-state index in [9.17, 15) is 9.59 Å². The van der Waals surface area contributed by atoms with Gasteiger partial charge in [0, 0.05) is 18.3 Å². The second kappa shape index (κ2) is 12.1. The highest BCUT2D eigenvalue weighted by Gasteiger charge is 2.30. The number of nitrogens with zero attached hydrogens (tertiary/aromatic N) is 1. The van der Waals surface area contributed by atoms with Crippen molar-refractivity contribution in [1.29, 1.82) is 0 Å². The number of amides is 2. The molecule has 1 aliphatic carbocycles. The molecule has 1 saturated carbocycles. The molecule has 3 rings (SSSR count). The molecule has 1 N–H and O–H groups in total. The number of hydrogen-bond acceptors (Lipinski definition) is 3. The summed E-state index contributed by atoms with van der Waals surface area (Å²) in [6.45, 7) is 6.58. The number of nitrogens with one attached hydrogen (secondary N) is 1. The van der Waals surface area contributed by atoms with E-state index in [0.717, 1.165) is 24.2 Å². The fourth-order valence-corrected chi connectivity index (χ4v) is 5.07. The van der Waals surface area contributed by atoms with Crippen LogP contribution in [0.2, 0.25) is 0 Å². The zero-order valence-electron chi connectivity index (χ0n) is 19.6. The summed E-state index contributed by atoms with van der Waals surface area (Å²) >= 11 is 1.61. The van der Waals surface area contributed by atoms with Crippen LogP contribution in [0.4, 0.5) is 0 Å². The van der Waals surface area contributed by atoms with Crippen LogP contribution in [0.15, 0.2) is 48.5 Å². The van der Waals surface area contributed by atoms with Gasteiger partial charge in [0.05, 0.1) is 5.75 Å². The van der Waals surface area contributed by atoms with Crippen LogP contribution in [0.3, 0.4) is 0 Å². The van der Waals surface area contributed by atoms with Gasteiger partial charge in [0.1, 0.15) is 6.04 Å². The Morgan fingerprint density at radius 1 is 0.969 bits per heavy atom. The topological polar surface area (TPSA) is 49.4 Å². The minimum Gasteiger partial charge on any atom is -0.352 e. The number of thioether (sulfide) groups is 1. The molecule has 0 aromatic heterocycles. The highest BCUT2D eigenvalue weighted by atomic mass is 32.2. The lowest BCUT2D eigenvalue weighted by atomic mass is 10.1. The van der Waals surface area contributed by atoms with Crippen molar-refractivity contribution in [2.45, 2.75) is 77.3 Å². The first-order chi connectivity index (χ1) is 15.5. The lowest BCUT2D eigenvalue weighted by molar-refractivity contribution is -0.139. The maximum Gasteiger partial charge on any atom is 0.243 e. The standard InChI is InChI=1S/C27H36N2O2S/c1-4-25(27(31)28-24-7-5-6-8-24)29(17-22-13-9-20(2)10-14-22)26(30)19-32-18-23-15-11-21(3)12-16-23/h9-16,24-25H,4-8,17-19H2,1-3H3,(H,28,31)/t25-/m1/s1. The normalized spacial score (nSPS) is 14.8. The Labute approximate surface area is 197 Å². The first kappa shape index (κ1) is 24.4. The molecule has 1 atom stereocenters.